The van der Waals surface area contributed by atoms with Crippen molar-refractivity contribution in [3.05, 3.63) is 411 Å². The number of hydrogen-bond acceptors (Lipinski definition) is 0. The smallest absolute Gasteiger partial charge is 0.0622 e. The van der Waals surface area contributed by atoms with Gasteiger partial charge in [0.15, 0.2) is 0 Å². The van der Waals surface area contributed by atoms with Gasteiger partial charge in [0.25, 0.3) is 0 Å². The molecule has 0 N–H and O–H groups in total. The molecule has 97 heavy (non-hydrogen) atoms. The van der Waals surface area contributed by atoms with Crippen molar-refractivity contribution in [1.82, 2.24) is 0 Å². The lowest BCUT2D eigenvalue weighted by molar-refractivity contribution is 0.794. The van der Waals surface area contributed by atoms with Crippen LogP contribution in [0.4, 0.5) is 0 Å². The van der Waals surface area contributed by atoms with Gasteiger partial charge >= 0.3 is 0 Å². The minimum atomic E-state index is -0.757. The zero-order valence-corrected chi connectivity index (χ0v) is 53.5. The summed E-state index contributed by atoms with van der Waals surface area (Å²) in [5.74, 6) is 0. The maximum absolute atomic E-state index is 2.62. The third-order valence-corrected chi connectivity index (χ3v) is 20.3. The standard InChI is InChI=1S/C97H64/c1-11-35-65(36-12-1)85-87(67-39-15-3-16-40-67)91(71-47-23-7-24-48-71)95(92(72-49-25-8-26-50-72)88(85)68-41-17-4-18-42-68)75-59-61-79-80-62-60-76(64-84(80)97(83(79)63-75)81-57-33-31-55-77(81)78-56-32-34-58-82(78)97)96-93(73-51-27-9-28-52-73)89(69-43-19-5-20-44-69)86(66-37-13-2-14-38-66)90(70-45-21-6-22-46-70)94(96)74-53-29-10-30-54-74/h1-64H. The SMILES string of the molecule is c1ccc(-c2c(-c3ccccc3)c(-c3ccccc3)c(-c3ccc4c(c3)C3(c5ccccc5-c5ccccc53)c3cc(-c5c(-c6ccccc6)c(-c6ccccc6)c(-c6ccccc6)c(-c6ccccc6)c5-c5ccccc5)ccc3-4)c(-c3ccccc3)c2-c2ccccc2)cc1. The molecule has 1 spiro atoms. The molecular formula is C97H64. The molecule has 0 fully saturated rings. The quantitative estimate of drug-likeness (QED) is 0.114. The Kier molecular flexibility index (Phi) is 14.2. The molecule has 0 amide bonds. The predicted octanol–water partition coefficient (Wildman–Crippen LogP) is 26.0. The van der Waals surface area contributed by atoms with Gasteiger partial charge in [0.2, 0.25) is 0 Å². The Hall–Kier alpha value is -12.5. The highest BCUT2D eigenvalue weighted by Crippen LogP contribution is 2.66. The summed E-state index contributed by atoms with van der Waals surface area (Å²) in [5.41, 5.74) is 37.4. The van der Waals surface area contributed by atoms with Gasteiger partial charge in [-0.15, -0.1) is 0 Å². The van der Waals surface area contributed by atoms with Crippen LogP contribution in [0.25, 0.3) is 156 Å². The van der Waals surface area contributed by atoms with E-state index in [0.29, 0.717) is 0 Å². The third-order valence-electron chi connectivity index (χ3n) is 20.3. The lowest BCUT2D eigenvalue weighted by Crippen LogP contribution is -2.26. The van der Waals surface area contributed by atoms with Crippen LogP contribution >= 0.6 is 0 Å². The first-order valence-electron chi connectivity index (χ1n) is 33.7. The van der Waals surface area contributed by atoms with Crippen LogP contribution in [-0.4, -0.2) is 0 Å². The number of benzene rings is 16. The molecule has 2 aliphatic carbocycles. The second-order valence-electron chi connectivity index (χ2n) is 25.5. The molecule has 0 nitrogen and oxygen atoms in total. The first-order chi connectivity index (χ1) is 48.2. The molecule has 0 bridgehead atoms. The van der Waals surface area contributed by atoms with Crippen molar-refractivity contribution in [2.24, 2.45) is 0 Å². The Morgan fingerprint density at radius 3 is 0.464 bits per heavy atom. The summed E-state index contributed by atoms with van der Waals surface area (Å²) in [4.78, 5) is 0. The van der Waals surface area contributed by atoms with E-state index in [1.54, 1.807) is 0 Å². The summed E-state index contributed by atoms with van der Waals surface area (Å²) in [6, 6.07) is 145. The van der Waals surface area contributed by atoms with Gasteiger partial charge in [-0.1, -0.05) is 376 Å². The van der Waals surface area contributed by atoms with Gasteiger partial charge in [-0.3, -0.25) is 0 Å². The van der Waals surface area contributed by atoms with Crippen molar-refractivity contribution in [3.63, 3.8) is 0 Å². The van der Waals surface area contributed by atoms with E-state index >= 15 is 0 Å². The Labute approximate surface area is 568 Å². The van der Waals surface area contributed by atoms with Crippen LogP contribution in [-0.2, 0) is 5.41 Å². The number of hydrogen-bond donors (Lipinski definition) is 0. The zero-order chi connectivity index (χ0) is 64.2. The summed E-state index contributed by atoms with van der Waals surface area (Å²) < 4.78 is 0. The average molecular weight is 1230 g/mol. The molecule has 0 aromatic heterocycles. The topological polar surface area (TPSA) is 0 Å². The van der Waals surface area contributed by atoms with E-state index in [1.807, 2.05) is 0 Å². The number of rotatable bonds is 12. The van der Waals surface area contributed by atoms with Crippen LogP contribution in [0.2, 0.25) is 0 Å². The largest absolute Gasteiger partial charge is 0.0725 e. The molecule has 2 aliphatic rings. The van der Waals surface area contributed by atoms with Crippen LogP contribution < -0.4 is 0 Å². The van der Waals surface area contributed by atoms with Crippen molar-refractivity contribution < 1.29 is 0 Å². The predicted molar refractivity (Wildman–Crippen MR) is 408 cm³/mol. The summed E-state index contributed by atoms with van der Waals surface area (Å²) in [6.45, 7) is 0. The second-order valence-corrected chi connectivity index (χ2v) is 25.5. The van der Waals surface area contributed by atoms with E-state index < -0.39 is 5.41 Å². The van der Waals surface area contributed by atoms with E-state index in [4.69, 9.17) is 0 Å². The first kappa shape index (κ1) is 57.2. The minimum Gasteiger partial charge on any atom is -0.0622 e. The summed E-state index contributed by atoms with van der Waals surface area (Å²) in [7, 11) is 0. The van der Waals surface area contributed by atoms with Gasteiger partial charge in [0, 0.05) is 0 Å². The van der Waals surface area contributed by atoms with Gasteiger partial charge in [-0.2, -0.15) is 0 Å². The maximum Gasteiger partial charge on any atom is 0.0725 e. The second kappa shape index (κ2) is 24.1. The van der Waals surface area contributed by atoms with Crippen molar-refractivity contribution in [3.8, 4) is 156 Å². The molecule has 0 radical (unpaired) electrons. The van der Waals surface area contributed by atoms with Crippen LogP contribution in [0, 0.1) is 0 Å². The molecule has 452 valence electrons. The Balaban J connectivity index is 1.00. The summed E-state index contributed by atoms with van der Waals surface area (Å²) in [6.07, 6.45) is 0. The number of fused-ring (bicyclic) bond motifs is 10. The average Bonchev–Trinajstić information content (AvgIpc) is 1.52. The van der Waals surface area contributed by atoms with Crippen LogP contribution in [0.5, 0.6) is 0 Å². The molecule has 16 aromatic carbocycles. The molecule has 0 aliphatic heterocycles. The van der Waals surface area contributed by atoms with Crippen molar-refractivity contribution in [1.29, 1.82) is 0 Å². The van der Waals surface area contributed by atoms with Gasteiger partial charge in [0.1, 0.15) is 0 Å². The highest BCUT2D eigenvalue weighted by molar-refractivity contribution is 6.18. The fourth-order valence-electron chi connectivity index (χ4n) is 16.5. The normalized spacial score (nSPS) is 12.2. The maximum atomic E-state index is 2.62. The molecule has 0 heterocycles. The van der Waals surface area contributed by atoms with E-state index in [0.717, 1.165) is 66.8 Å². The molecule has 0 saturated heterocycles. The molecule has 0 unspecified atom stereocenters. The minimum absolute atomic E-state index is 0.757. The van der Waals surface area contributed by atoms with Gasteiger partial charge in [0.05, 0.1) is 5.41 Å². The molecule has 0 atom stereocenters. The van der Waals surface area contributed by atoms with Gasteiger partial charge < -0.3 is 0 Å². The highest BCUT2D eigenvalue weighted by Gasteiger charge is 2.52. The van der Waals surface area contributed by atoms with Crippen molar-refractivity contribution in [2.45, 2.75) is 5.41 Å². The fourth-order valence-corrected chi connectivity index (χ4v) is 16.5. The van der Waals surface area contributed by atoms with Crippen molar-refractivity contribution >= 4 is 0 Å². The highest BCUT2D eigenvalue weighted by atomic mass is 14.5. The summed E-state index contributed by atoms with van der Waals surface area (Å²) >= 11 is 0. The monoisotopic (exact) mass is 1230 g/mol. The molecule has 0 saturated carbocycles. The lowest BCUT2D eigenvalue weighted by atomic mass is 9.68. The van der Waals surface area contributed by atoms with E-state index in [-0.39, 0.29) is 0 Å². The van der Waals surface area contributed by atoms with Crippen LogP contribution in [0.3, 0.4) is 0 Å². The van der Waals surface area contributed by atoms with E-state index in [9.17, 15) is 0 Å². The molecule has 16 aromatic rings. The van der Waals surface area contributed by atoms with E-state index in [2.05, 4.69) is 388 Å². The zero-order valence-electron chi connectivity index (χ0n) is 53.5. The molecule has 0 heteroatoms. The Bertz CT molecular complexity index is 5030. The third kappa shape index (κ3) is 9.36. The van der Waals surface area contributed by atoms with Crippen LogP contribution in [0.15, 0.2) is 388 Å². The molecular weight excluding hydrogens is 1170 g/mol. The van der Waals surface area contributed by atoms with Crippen molar-refractivity contribution in [2.75, 3.05) is 0 Å². The molecule has 18 rings (SSSR count). The van der Waals surface area contributed by atoms with Gasteiger partial charge in [-0.25, -0.2) is 0 Å². The fraction of sp³-hybridized carbons (Fsp3) is 0.0103. The van der Waals surface area contributed by atoms with Crippen LogP contribution in [0.1, 0.15) is 22.3 Å². The Morgan fingerprint density at radius 2 is 0.268 bits per heavy atom. The first-order valence-corrected chi connectivity index (χ1v) is 33.7. The summed E-state index contributed by atoms with van der Waals surface area (Å²) in [5, 5.41) is 0. The van der Waals surface area contributed by atoms with Gasteiger partial charge in [-0.05, 0) is 190 Å². The Morgan fingerprint density at radius 1 is 0.113 bits per heavy atom. The van der Waals surface area contributed by atoms with E-state index in [1.165, 1.54) is 111 Å². The lowest BCUT2D eigenvalue weighted by Gasteiger charge is -2.32.